The number of rotatable bonds is 4. The first-order chi connectivity index (χ1) is 14.7. The van der Waals surface area contributed by atoms with Gasteiger partial charge in [-0.25, -0.2) is 0 Å². The Morgan fingerprint density at radius 1 is 1.06 bits per heavy atom. The van der Waals surface area contributed by atoms with Crippen LogP contribution in [0.3, 0.4) is 0 Å². The van der Waals surface area contributed by atoms with Crippen molar-refractivity contribution in [3.05, 3.63) is 75.3 Å². The van der Waals surface area contributed by atoms with Crippen LogP contribution in [0.15, 0.2) is 68.4 Å². The quantitative estimate of drug-likeness (QED) is 0.248. The number of fused-ring (bicyclic) bond motifs is 1. The molecule has 31 heavy (non-hydrogen) atoms. The van der Waals surface area contributed by atoms with E-state index < -0.39 is 11.6 Å². The molecule has 4 rings (SSSR count). The van der Waals surface area contributed by atoms with E-state index in [4.69, 9.17) is 9.15 Å². The zero-order valence-corrected chi connectivity index (χ0v) is 20.5. The van der Waals surface area contributed by atoms with Gasteiger partial charge >= 0.3 is 195 Å². The molecule has 0 aliphatic rings. The van der Waals surface area contributed by atoms with Crippen molar-refractivity contribution in [2.75, 3.05) is 5.32 Å². The third-order valence-electron chi connectivity index (χ3n) is 4.43. The number of amides is 1. The second-order valence-corrected chi connectivity index (χ2v) is 10.7. The van der Waals surface area contributed by atoms with Crippen LogP contribution in [-0.4, -0.2) is 32.0 Å². The number of para-hydroxylation sites is 1. The number of carbonyl (C=O) groups is 2. The number of furan rings is 1. The van der Waals surface area contributed by atoms with Crippen molar-refractivity contribution < 1.29 is 18.7 Å². The molecule has 1 amide bonds. The Labute approximate surface area is 194 Å². The zero-order chi connectivity index (χ0) is 22.2. The summed E-state index contributed by atoms with van der Waals surface area (Å²) in [6, 6.07) is 16.8. The molecule has 1 N–H and O–H groups in total. The average Bonchev–Trinajstić information content (AvgIpc) is 3.31. The number of esters is 1. The summed E-state index contributed by atoms with van der Waals surface area (Å²) in [5, 5.41) is 3.74. The first kappa shape index (κ1) is 21.6. The van der Waals surface area contributed by atoms with E-state index in [-0.39, 0.29) is 26.2 Å². The minimum absolute atomic E-state index is 0.199. The van der Waals surface area contributed by atoms with Crippen molar-refractivity contribution in [2.45, 2.75) is 26.4 Å². The molecule has 0 aliphatic carbocycles. The molecule has 0 aliphatic heterocycles. The SMILES string of the molecule is CC(C)(C)OC(=O)c1c(-c2ccc(Br)cc2)c[se]c1NC(=O)c1cc2ccccc2o1. The molecule has 2 aromatic heterocycles. The Morgan fingerprint density at radius 2 is 1.77 bits per heavy atom. The van der Waals surface area contributed by atoms with Crippen molar-refractivity contribution in [1.29, 1.82) is 0 Å². The van der Waals surface area contributed by atoms with Crippen LogP contribution in [0.25, 0.3) is 22.1 Å². The summed E-state index contributed by atoms with van der Waals surface area (Å²) >= 11 is 3.20. The van der Waals surface area contributed by atoms with Gasteiger partial charge < -0.3 is 0 Å². The van der Waals surface area contributed by atoms with Crippen molar-refractivity contribution in [3.8, 4) is 11.1 Å². The van der Waals surface area contributed by atoms with E-state index in [0.717, 1.165) is 21.0 Å². The minimum atomic E-state index is -0.654. The molecule has 0 saturated heterocycles. The van der Waals surface area contributed by atoms with E-state index in [1.54, 1.807) is 6.07 Å². The van der Waals surface area contributed by atoms with Crippen LogP contribution < -0.4 is 5.32 Å². The molecule has 2 aromatic carbocycles. The summed E-state index contributed by atoms with van der Waals surface area (Å²) in [6.07, 6.45) is 0. The van der Waals surface area contributed by atoms with E-state index in [1.807, 2.05) is 74.2 Å². The third kappa shape index (κ3) is 4.85. The van der Waals surface area contributed by atoms with Crippen LogP contribution in [0.1, 0.15) is 41.7 Å². The first-order valence-corrected chi connectivity index (χ1v) is 12.3. The molecule has 4 aromatic rings. The molecule has 0 spiro atoms. The maximum atomic E-state index is 13.1. The summed E-state index contributed by atoms with van der Waals surface area (Å²) in [4.78, 5) is 28.0. The predicted octanol–water partition coefficient (Wildman–Crippen LogP) is 6.13. The van der Waals surface area contributed by atoms with Crippen molar-refractivity contribution >= 4 is 57.8 Å². The van der Waals surface area contributed by atoms with Crippen LogP contribution >= 0.6 is 15.9 Å². The molecule has 0 unspecified atom stereocenters. The summed E-state index contributed by atoms with van der Waals surface area (Å²) in [7, 11) is 0. The number of benzene rings is 2. The van der Waals surface area contributed by atoms with E-state index in [0.29, 0.717) is 15.7 Å². The number of halogens is 1. The molecular formula is C24H20BrNO4Se. The van der Waals surface area contributed by atoms with Gasteiger partial charge in [0.1, 0.15) is 0 Å². The van der Waals surface area contributed by atoms with Crippen LogP contribution in [0.4, 0.5) is 4.56 Å². The Morgan fingerprint density at radius 3 is 2.45 bits per heavy atom. The standard InChI is InChI=1S/C24H20BrNO4Se/c1-24(2,3)30-23(28)20-17(14-8-10-16(25)11-9-14)13-31-22(20)26-21(27)19-12-15-6-4-5-7-18(15)29-19/h4-13H,1-3H3,(H,26,27). The third-order valence-corrected chi connectivity index (χ3v) is 6.83. The molecule has 0 radical (unpaired) electrons. The number of hydrogen-bond donors (Lipinski definition) is 1. The van der Waals surface area contributed by atoms with Crippen molar-refractivity contribution in [3.63, 3.8) is 0 Å². The maximum absolute atomic E-state index is 13.1. The molecule has 0 atom stereocenters. The van der Waals surface area contributed by atoms with Gasteiger partial charge in [0.2, 0.25) is 0 Å². The molecule has 0 fully saturated rings. The zero-order valence-electron chi connectivity index (χ0n) is 17.2. The number of anilines is 1. The van der Waals surface area contributed by atoms with Gasteiger partial charge in [-0.1, -0.05) is 0 Å². The summed E-state index contributed by atoms with van der Waals surface area (Å²) < 4.78 is 12.8. The van der Waals surface area contributed by atoms with Crippen LogP contribution in [-0.2, 0) is 4.74 Å². The second kappa shape index (κ2) is 8.50. The van der Waals surface area contributed by atoms with Gasteiger partial charge in [0.15, 0.2) is 0 Å². The topological polar surface area (TPSA) is 68.5 Å². The Balaban J connectivity index is 1.71. The predicted molar refractivity (Wildman–Crippen MR) is 126 cm³/mol. The fourth-order valence-electron chi connectivity index (χ4n) is 3.08. The van der Waals surface area contributed by atoms with E-state index in [1.165, 1.54) is 0 Å². The number of carbonyl (C=O) groups excluding carboxylic acids is 2. The number of ether oxygens (including phenoxy) is 1. The normalized spacial score (nSPS) is 11.5. The van der Waals surface area contributed by atoms with Crippen molar-refractivity contribution in [1.82, 2.24) is 0 Å². The molecule has 2 heterocycles. The van der Waals surface area contributed by atoms with Gasteiger partial charge in [-0.2, -0.15) is 0 Å². The summed E-state index contributed by atoms with van der Waals surface area (Å²) in [5.41, 5.74) is 2.03. The molecular weight excluding hydrogens is 525 g/mol. The van der Waals surface area contributed by atoms with E-state index in [2.05, 4.69) is 21.2 Å². The fraction of sp³-hybridized carbons (Fsp3) is 0.167. The first-order valence-electron chi connectivity index (χ1n) is 9.62. The van der Waals surface area contributed by atoms with Crippen molar-refractivity contribution in [2.24, 2.45) is 0 Å². The average molecular weight is 545 g/mol. The van der Waals surface area contributed by atoms with Gasteiger partial charge in [-0.15, -0.1) is 0 Å². The van der Waals surface area contributed by atoms with Gasteiger partial charge in [0.05, 0.1) is 0 Å². The Kier molecular flexibility index (Phi) is 5.93. The summed E-state index contributed by atoms with van der Waals surface area (Å²) in [6.45, 7) is 5.46. The summed E-state index contributed by atoms with van der Waals surface area (Å²) in [5.74, 6) is -0.648. The van der Waals surface area contributed by atoms with Crippen LogP contribution in [0.5, 0.6) is 0 Å². The van der Waals surface area contributed by atoms with E-state index >= 15 is 0 Å². The van der Waals surface area contributed by atoms with E-state index in [9.17, 15) is 9.59 Å². The number of nitrogens with one attached hydrogen (secondary N) is 1. The second-order valence-electron chi connectivity index (χ2n) is 7.96. The molecule has 0 bridgehead atoms. The van der Waals surface area contributed by atoms with Gasteiger partial charge in [0.25, 0.3) is 0 Å². The number of hydrogen-bond acceptors (Lipinski definition) is 4. The molecule has 7 heteroatoms. The van der Waals surface area contributed by atoms with Gasteiger partial charge in [0, 0.05) is 0 Å². The molecule has 158 valence electrons. The molecule has 5 nitrogen and oxygen atoms in total. The Bertz CT molecular complexity index is 1230. The van der Waals surface area contributed by atoms with Gasteiger partial charge in [-0.05, 0) is 0 Å². The fourth-order valence-corrected chi connectivity index (χ4v) is 5.34. The van der Waals surface area contributed by atoms with Crippen LogP contribution in [0, 0.1) is 0 Å². The Hall–Kier alpha value is -2.60. The van der Waals surface area contributed by atoms with Crippen LogP contribution in [0.2, 0.25) is 0 Å². The molecule has 0 saturated carbocycles. The van der Waals surface area contributed by atoms with Gasteiger partial charge in [-0.3, -0.25) is 0 Å². The monoisotopic (exact) mass is 545 g/mol.